The molecular formula is C19H21N3O3. The Hall–Kier alpha value is -2.73. The van der Waals surface area contributed by atoms with Crippen molar-refractivity contribution in [3.8, 4) is 0 Å². The monoisotopic (exact) mass is 339 g/mol. The van der Waals surface area contributed by atoms with Gasteiger partial charge in [0.25, 0.3) is 0 Å². The fourth-order valence-electron chi connectivity index (χ4n) is 3.10. The van der Waals surface area contributed by atoms with Crippen molar-refractivity contribution in [2.45, 2.75) is 26.0 Å². The summed E-state index contributed by atoms with van der Waals surface area (Å²) < 4.78 is 0. The van der Waals surface area contributed by atoms with Crippen LogP contribution in [0.3, 0.4) is 0 Å². The Morgan fingerprint density at radius 2 is 2.12 bits per heavy atom. The minimum absolute atomic E-state index is 0.0231. The first-order valence-corrected chi connectivity index (χ1v) is 8.29. The largest absolute Gasteiger partial charge is 0.392 e. The summed E-state index contributed by atoms with van der Waals surface area (Å²) in [5.41, 5.74) is 2.13. The summed E-state index contributed by atoms with van der Waals surface area (Å²) in [6.45, 7) is 2.17. The summed E-state index contributed by atoms with van der Waals surface area (Å²) in [4.78, 5) is 30.6. The maximum atomic E-state index is 12.5. The van der Waals surface area contributed by atoms with Gasteiger partial charge in [-0.15, -0.1) is 0 Å². The molecule has 1 aliphatic heterocycles. The number of pyridine rings is 1. The Balaban J connectivity index is 1.68. The summed E-state index contributed by atoms with van der Waals surface area (Å²) in [7, 11) is 0. The van der Waals surface area contributed by atoms with E-state index in [-0.39, 0.29) is 30.9 Å². The fourth-order valence-corrected chi connectivity index (χ4v) is 3.10. The molecule has 0 bridgehead atoms. The molecule has 0 radical (unpaired) electrons. The third-order valence-electron chi connectivity index (χ3n) is 4.62. The van der Waals surface area contributed by atoms with Crippen molar-refractivity contribution in [3.05, 3.63) is 59.9 Å². The Morgan fingerprint density at radius 3 is 2.84 bits per heavy atom. The zero-order valence-corrected chi connectivity index (χ0v) is 14.1. The predicted molar refractivity (Wildman–Crippen MR) is 93.5 cm³/mol. The summed E-state index contributed by atoms with van der Waals surface area (Å²) in [6.07, 6.45) is 3.26. The van der Waals surface area contributed by atoms with Crippen molar-refractivity contribution in [1.82, 2.24) is 9.88 Å². The van der Waals surface area contributed by atoms with Gasteiger partial charge in [0.1, 0.15) is 0 Å². The van der Waals surface area contributed by atoms with Crippen LogP contribution in [0.5, 0.6) is 0 Å². The van der Waals surface area contributed by atoms with E-state index in [1.807, 2.05) is 37.3 Å². The molecule has 2 heterocycles. The molecule has 0 unspecified atom stereocenters. The quantitative estimate of drug-likeness (QED) is 0.874. The van der Waals surface area contributed by atoms with Gasteiger partial charge < -0.3 is 15.3 Å². The number of aliphatic hydroxyl groups is 1. The van der Waals surface area contributed by atoms with E-state index in [9.17, 15) is 14.7 Å². The number of aliphatic hydroxyl groups excluding tert-OH is 1. The third kappa shape index (κ3) is 3.69. The first-order valence-electron chi connectivity index (χ1n) is 8.29. The van der Waals surface area contributed by atoms with Crippen molar-refractivity contribution < 1.29 is 14.7 Å². The number of aromatic nitrogens is 1. The number of hydrogen-bond acceptors (Lipinski definition) is 4. The van der Waals surface area contributed by atoms with Crippen LogP contribution < -0.4 is 5.32 Å². The Bertz CT molecular complexity index is 764. The number of nitrogens with zero attached hydrogens (tertiary/aromatic N) is 2. The summed E-state index contributed by atoms with van der Waals surface area (Å²) in [5.74, 6) is -0.658. The van der Waals surface area contributed by atoms with Gasteiger partial charge in [-0.2, -0.15) is 0 Å². The summed E-state index contributed by atoms with van der Waals surface area (Å²) in [5, 5.41) is 12.1. The minimum atomic E-state index is -0.412. The number of benzene rings is 1. The van der Waals surface area contributed by atoms with Crippen molar-refractivity contribution in [1.29, 1.82) is 0 Å². The minimum Gasteiger partial charge on any atom is -0.392 e. The van der Waals surface area contributed by atoms with Gasteiger partial charge in [0.05, 0.1) is 30.5 Å². The molecule has 1 saturated heterocycles. The van der Waals surface area contributed by atoms with Gasteiger partial charge in [0, 0.05) is 24.7 Å². The average molecular weight is 339 g/mol. The number of anilines is 1. The molecule has 1 fully saturated rings. The van der Waals surface area contributed by atoms with Crippen LogP contribution in [0.1, 0.15) is 30.5 Å². The molecular weight excluding hydrogens is 318 g/mol. The van der Waals surface area contributed by atoms with Crippen LogP contribution in [0.15, 0.2) is 48.8 Å². The molecule has 2 atom stereocenters. The van der Waals surface area contributed by atoms with E-state index in [4.69, 9.17) is 0 Å². The molecule has 0 aliphatic carbocycles. The summed E-state index contributed by atoms with van der Waals surface area (Å²) in [6, 6.07) is 11.4. The Kier molecular flexibility index (Phi) is 5.09. The Morgan fingerprint density at radius 1 is 1.36 bits per heavy atom. The zero-order valence-electron chi connectivity index (χ0n) is 14.1. The van der Waals surface area contributed by atoms with Crippen molar-refractivity contribution >= 4 is 17.5 Å². The van der Waals surface area contributed by atoms with Crippen LogP contribution in [0.2, 0.25) is 0 Å². The molecule has 0 saturated carbocycles. The van der Waals surface area contributed by atoms with Gasteiger partial charge in [-0.05, 0) is 18.6 Å². The van der Waals surface area contributed by atoms with Crippen LogP contribution in [0.25, 0.3) is 0 Å². The zero-order chi connectivity index (χ0) is 17.8. The molecule has 2 amide bonds. The number of likely N-dealkylation sites (tertiary alicyclic amines) is 1. The van der Waals surface area contributed by atoms with Crippen LogP contribution in [-0.2, 0) is 16.2 Å². The molecule has 6 nitrogen and oxygen atoms in total. The second-order valence-corrected chi connectivity index (χ2v) is 6.21. The number of carbonyl (C=O) groups is 2. The first kappa shape index (κ1) is 17.1. The van der Waals surface area contributed by atoms with Gasteiger partial charge >= 0.3 is 0 Å². The number of amides is 2. The van der Waals surface area contributed by atoms with E-state index in [1.165, 1.54) is 6.20 Å². The van der Waals surface area contributed by atoms with Gasteiger partial charge in [-0.1, -0.05) is 30.3 Å². The number of nitrogens with one attached hydrogen (secondary N) is 1. The van der Waals surface area contributed by atoms with E-state index >= 15 is 0 Å². The molecule has 25 heavy (non-hydrogen) atoms. The number of rotatable bonds is 5. The highest BCUT2D eigenvalue weighted by molar-refractivity contribution is 5.97. The molecule has 2 aromatic rings. The molecule has 2 N–H and O–H groups in total. The summed E-state index contributed by atoms with van der Waals surface area (Å²) >= 11 is 0. The lowest BCUT2D eigenvalue weighted by atomic mass is 10.1. The van der Waals surface area contributed by atoms with Crippen molar-refractivity contribution in [3.63, 3.8) is 0 Å². The molecule has 6 heteroatoms. The molecule has 130 valence electrons. The van der Waals surface area contributed by atoms with Gasteiger partial charge in [-0.3, -0.25) is 14.6 Å². The smallest absolute Gasteiger partial charge is 0.229 e. The highest BCUT2D eigenvalue weighted by atomic mass is 16.3. The third-order valence-corrected chi connectivity index (χ3v) is 4.62. The molecule has 1 aromatic heterocycles. The van der Waals surface area contributed by atoms with E-state index in [2.05, 4.69) is 10.3 Å². The van der Waals surface area contributed by atoms with E-state index in [1.54, 1.807) is 17.2 Å². The van der Waals surface area contributed by atoms with Crippen molar-refractivity contribution in [2.75, 3.05) is 11.9 Å². The molecule has 1 aromatic carbocycles. The second kappa shape index (κ2) is 7.44. The lowest BCUT2D eigenvalue weighted by Crippen LogP contribution is -2.30. The normalized spacial score (nSPS) is 18.2. The first-order chi connectivity index (χ1) is 12.1. The molecule has 1 aliphatic rings. The van der Waals surface area contributed by atoms with Gasteiger partial charge in [-0.25, -0.2) is 0 Å². The number of carbonyl (C=O) groups excluding carboxylic acids is 2. The molecule has 0 spiro atoms. The lowest BCUT2D eigenvalue weighted by molar-refractivity contribution is -0.129. The average Bonchev–Trinajstić information content (AvgIpc) is 3.04. The highest BCUT2D eigenvalue weighted by Gasteiger charge is 2.37. The van der Waals surface area contributed by atoms with Gasteiger partial charge in [0.2, 0.25) is 11.8 Å². The van der Waals surface area contributed by atoms with Crippen molar-refractivity contribution in [2.24, 2.45) is 5.92 Å². The molecule has 3 rings (SSSR count). The SMILES string of the molecule is C[C@@H](c1ccccc1)N1C[C@H](C(=O)Nc2cnccc2CO)CC1=O. The Labute approximate surface area is 146 Å². The maximum absolute atomic E-state index is 12.5. The van der Waals surface area contributed by atoms with Crippen LogP contribution in [-0.4, -0.2) is 33.3 Å². The predicted octanol–water partition coefficient (Wildman–Crippen LogP) is 2.12. The van der Waals surface area contributed by atoms with E-state index < -0.39 is 5.92 Å². The van der Waals surface area contributed by atoms with Crippen LogP contribution >= 0.6 is 0 Å². The van der Waals surface area contributed by atoms with E-state index in [0.717, 1.165) is 5.56 Å². The second-order valence-electron chi connectivity index (χ2n) is 6.21. The lowest BCUT2D eigenvalue weighted by Gasteiger charge is -2.25. The number of hydrogen-bond donors (Lipinski definition) is 2. The van der Waals surface area contributed by atoms with Gasteiger partial charge in [0.15, 0.2) is 0 Å². The van der Waals surface area contributed by atoms with E-state index in [0.29, 0.717) is 17.8 Å². The van der Waals surface area contributed by atoms with Crippen LogP contribution in [0, 0.1) is 5.92 Å². The topological polar surface area (TPSA) is 82.5 Å². The maximum Gasteiger partial charge on any atom is 0.229 e. The highest BCUT2D eigenvalue weighted by Crippen LogP contribution is 2.29. The fraction of sp³-hybridized carbons (Fsp3) is 0.316. The standard InChI is InChI=1S/C19H21N3O3/c1-13(14-5-3-2-4-6-14)22-11-16(9-18(22)24)19(25)21-17-10-20-8-7-15(17)12-23/h2-8,10,13,16,23H,9,11-12H2,1H3,(H,21,25)/t13-,16+/m0/s1. The van der Waals surface area contributed by atoms with Crippen LogP contribution in [0.4, 0.5) is 5.69 Å².